The third kappa shape index (κ3) is 9.85. The Hall–Kier alpha value is -4.42. The molecule has 0 unspecified atom stereocenters. The number of rotatable bonds is 17. The molecule has 270 valence electrons. The number of ether oxygens (including phenoxy) is 1. The largest absolute Gasteiger partial charge is 0.497 e. The molecule has 0 saturated carbocycles. The van der Waals surface area contributed by atoms with Crippen LogP contribution in [0.1, 0.15) is 49.8 Å². The second kappa shape index (κ2) is 17.5. The zero-order valence-electron chi connectivity index (χ0n) is 28.7. The van der Waals surface area contributed by atoms with Crippen LogP contribution in [0, 0.1) is 5.92 Å². The number of alkyl halides is 3. The van der Waals surface area contributed by atoms with Gasteiger partial charge in [-0.05, 0) is 60.4 Å². The highest BCUT2D eigenvalue weighted by Gasteiger charge is 2.56. The van der Waals surface area contributed by atoms with Crippen molar-refractivity contribution in [3.05, 3.63) is 102 Å². The smallest absolute Gasteiger partial charge is 0.471 e. The first-order chi connectivity index (χ1) is 23.9. The molecule has 0 bridgehead atoms. The highest BCUT2D eigenvalue weighted by Crippen LogP contribution is 2.35. The van der Waals surface area contributed by atoms with Gasteiger partial charge in [0.2, 0.25) is 11.8 Å². The van der Waals surface area contributed by atoms with Gasteiger partial charge in [0.1, 0.15) is 17.3 Å². The Bertz CT molecular complexity index is 1560. The van der Waals surface area contributed by atoms with Crippen molar-refractivity contribution in [3.63, 3.8) is 0 Å². The number of carbonyl (C=O) groups is 3. The summed E-state index contributed by atoms with van der Waals surface area (Å²) in [5.41, 5.74) is 0.905. The molecular weight excluding hydrogens is 649 g/mol. The van der Waals surface area contributed by atoms with E-state index in [4.69, 9.17) is 4.74 Å². The number of likely N-dealkylation sites (tertiary alicyclic amines) is 1. The van der Waals surface area contributed by atoms with Gasteiger partial charge in [0.05, 0.1) is 19.3 Å². The van der Waals surface area contributed by atoms with Crippen LogP contribution in [-0.4, -0.2) is 77.8 Å². The lowest BCUT2D eigenvalue weighted by Crippen LogP contribution is -2.62. The van der Waals surface area contributed by atoms with Crippen LogP contribution < -0.4 is 20.7 Å². The van der Waals surface area contributed by atoms with E-state index >= 15 is 0 Å². The molecule has 0 aromatic heterocycles. The maximum atomic E-state index is 14.3. The van der Waals surface area contributed by atoms with Crippen LogP contribution in [0.5, 0.6) is 5.75 Å². The molecule has 3 aromatic rings. The van der Waals surface area contributed by atoms with E-state index in [1.807, 2.05) is 90.2 Å². The summed E-state index contributed by atoms with van der Waals surface area (Å²) in [6, 6.07) is 24.4. The molecule has 1 aliphatic heterocycles. The van der Waals surface area contributed by atoms with Crippen molar-refractivity contribution in [3.8, 4) is 5.75 Å². The summed E-state index contributed by atoms with van der Waals surface area (Å²) in [5, 5.41) is 19.7. The molecule has 1 heterocycles. The van der Waals surface area contributed by atoms with Crippen molar-refractivity contribution in [2.75, 3.05) is 20.2 Å². The van der Waals surface area contributed by atoms with Gasteiger partial charge in [0.25, 0.3) is 0 Å². The van der Waals surface area contributed by atoms with Crippen LogP contribution in [-0.2, 0) is 33.8 Å². The first kappa shape index (κ1) is 38.4. The van der Waals surface area contributed by atoms with Gasteiger partial charge in [-0.25, -0.2) is 0 Å². The lowest BCUT2D eigenvalue weighted by molar-refractivity contribution is -0.177. The van der Waals surface area contributed by atoms with Gasteiger partial charge >= 0.3 is 12.1 Å². The lowest BCUT2D eigenvalue weighted by atomic mass is 9.81. The summed E-state index contributed by atoms with van der Waals surface area (Å²) >= 11 is 0. The third-order valence-electron chi connectivity index (χ3n) is 9.57. The number of hydrogen-bond donors (Lipinski definition) is 4. The number of hydrogen-bond acceptors (Lipinski definition) is 6. The van der Waals surface area contributed by atoms with Crippen molar-refractivity contribution >= 4 is 17.7 Å². The Morgan fingerprint density at radius 2 is 1.62 bits per heavy atom. The van der Waals surface area contributed by atoms with Crippen molar-refractivity contribution in [2.24, 2.45) is 5.92 Å². The average Bonchev–Trinajstić information content (AvgIpc) is 3.43. The molecule has 0 radical (unpaired) electrons. The van der Waals surface area contributed by atoms with Gasteiger partial charge in [-0.15, -0.1) is 0 Å². The second-order valence-corrected chi connectivity index (χ2v) is 12.9. The van der Waals surface area contributed by atoms with Crippen molar-refractivity contribution < 1.29 is 37.4 Å². The van der Waals surface area contributed by atoms with Gasteiger partial charge in [-0.3, -0.25) is 14.4 Å². The topological polar surface area (TPSA) is 120 Å². The fourth-order valence-electron chi connectivity index (χ4n) is 6.47. The minimum atomic E-state index is -5.18. The number of aliphatic hydroxyl groups is 1. The maximum Gasteiger partial charge on any atom is 0.471 e. The first-order valence-corrected chi connectivity index (χ1v) is 17.0. The molecule has 4 rings (SSSR count). The normalized spacial score (nSPS) is 18.6. The molecule has 50 heavy (non-hydrogen) atoms. The number of aliphatic hydroxyl groups excluding tert-OH is 1. The van der Waals surface area contributed by atoms with Gasteiger partial charge < -0.3 is 30.7 Å². The van der Waals surface area contributed by atoms with Crippen molar-refractivity contribution in [2.45, 2.75) is 82.4 Å². The fraction of sp³-hybridized carbons (Fsp3) is 0.447. The van der Waals surface area contributed by atoms with Crippen LogP contribution >= 0.6 is 0 Å². The minimum absolute atomic E-state index is 0.0256. The van der Waals surface area contributed by atoms with Gasteiger partial charge in [0.15, 0.2) is 0 Å². The van der Waals surface area contributed by atoms with E-state index in [1.54, 1.807) is 21.0 Å². The summed E-state index contributed by atoms with van der Waals surface area (Å²) in [5.74, 6) is -3.38. The second-order valence-electron chi connectivity index (χ2n) is 12.9. The number of methoxy groups -OCH3 is 1. The number of aryl methyl sites for hydroxylation is 1. The van der Waals surface area contributed by atoms with Gasteiger partial charge in [-0.2, -0.15) is 13.2 Å². The van der Waals surface area contributed by atoms with Crippen molar-refractivity contribution in [1.82, 2.24) is 20.9 Å². The number of nitrogens with one attached hydrogen (secondary N) is 3. The number of halogens is 3. The molecule has 3 aromatic carbocycles. The number of carbonyl (C=O) groups excluding carboxylic acids is 3. The van der Waals surface area contributed by atoms with Gasteiger partial charge in [0, 0.05) is 19.6 Å². The Morgan fingerprint density at radius 1 is 0.980 bits per heavy atom. The van der Waals surface area contributed by atoms with Crippen LogP contribution in [0.3, 0.4) is 0 Å². The summed E-state index contributed by atoms with van der Waals surface area (Å²) in [7, 11) is 1.58. The molecule has 1 saturated heterocycles. The van der Waals surface area contributed by atoms with Crippen LogP contribution in [0.4, 0.5) is 13.2 Å². The number of benzene rings is 3. The van der Waals surface area contributed by atoms with Gasteiger partial charge in [-0.1, -0.05) is 93.1 Å². The zero-order valence-corrected chi connectivity index (χ0v) is 28.7. The van der Waals surface area contributed by atoms with E-state index < -0.39 is 53.5 Å². The molecule has 1 fully saturated rings. The van der Waals surface area contributed by atoms with E-state index in [9.17, 15) is 32.7 Å². The molecule has 9 nitrogen and oxygen atoms in total. The molecule has 0 spiro atoms. The molecule has 0 aliphatic carbocycles. The third-order valence-corrected chi connectivity index (χ3v) is 9.57. The molecular formula is C38H47F3N4O5. The van der Waals surface area contributed by atoms with Crippen LogP contribution in [0.15, 0.2) is 84.9 Å². The Kier molecular flexibility index (Phi) is 13.4. The highest BCUT2D eigenvalue weighted by molar-refractivity contribution is 5.97. The highest BCUT2D eigenvalue weighted by atomic mass is 19.4. The molecule has 3 amide bonds. The standard InChI is InChI=1S/C38H47F3N4O5/c1-4-26(2)37(44-35(48)38(39,40)41)20-21-45(36(37)49)32(19-18-27-12-7-5-8-13-27)34(47)43-31(23-28-14-9-6-10-15-28)33(46)25-42-24-29-16-11-17-30(22-29)50-3/h5-17,22,26,31-33,42,46H,4,18-21,23-25H2,1-3H3,(H,43,47)(H,44,48)/t26-,31-,32-,33-,37-/m0/s1. The molecule has 4 N–H and O–H groups in total. The summed E-state index contributed by atoms with van der Waals surface area (Å²) in [4.78, 5) is 41.9. The quantitative estimate of drug-likeness (QED) is 0.164. The maximum absolute atomic E-state index is 14.3. The number of nitrogens with zero attached hydrogens (tertiary/aromatic N) is 1. The average molecular weight is 697 g/mol. The van der Waals surface area contributed by atoms with E-state index in [0.717, 1.165) is 16.7 Å². The predicted octanol–water partition coefficient (Wildman–Crippen LogP) is 4.57. The number of amides is 3. The molecule has 1 aliphatic rings. The minimum Gasteiger partial charge on any atom is -0.497 e. The van der Waals surface area contributed by atoms with Crippen LogP contribution in [0.25, 0.3) is 0 Å². The SMILES string of the molecule is CC[C@H](C)[C@@]1(NC(=O)C(F)(F)F)CCN([C@@H](CCc2ccccc2)C(=O)N[C@@H](Cc2ccccc2)[C@@H](O)CNCc2cccc(OC)c2)C1=O. The van der Waals surface area contributed by atoms with Crippen LogP contribution in [0.2, 0.25) is 0 Å². The zero-order chi connectivity index (χ0) is 36.3. The lowest BCUT2D eigenvalue weighted by Gasteiger charge is -2.36. The van der Waals surface area contributed by atoms with E-state index in [2.05, 4.69) is 10.6 Å². The Labute approximate surface area is 291 Å². The van der Waals surface area contributed by atoms with Crippen molar-refractivity contribution in [1.29, 1.82) is 0 Å². The fourth-order valence-corrected chi connectivity index (χ4v) is 6.47. The molecule has 12 heteroatoms. The molecule has 5 atom stereocenters. The first-order valence-electron chi connectivity index (χ1n) is 17.0. The summed E-state index contributed by atoms with van der Waals surface area (Å²) in [6.45, 7) is 3.90. The monoisotopic (exact) mass is 696 g/mol. The summed E-state index contributed by atoms with van der Waals surface area (Å²) < 4.78 is 45.6. The van der Waals surface area contributed by atoms with E-state index in [0.29, 0.717) is 25.1 Å². The van der Waals surface area contributed by atoms with E-state index in [-0.39, 0.29) is 32.4 Å². The Balaban J connectivity index is 1.59. The Morgan fingerprint density at radius 3 is 2.24 bits per heavy atom. The summed E-state index contributed by atoms with van der Waals surface area (Å²) in [6.07, 6.45) is -5.12. The predicted molar refractivity (Wildman–Crippen MR) is 184 cm³/mol. The van der Waals surface area contributed by atoms with E-state index in [1.165, 1.54) is 4.90 Å².